The van der Waals surface area contributed by atoms with Crippen molar-refractivity contribution in [2.24, 2.45) is 5.92 Å². The lowest BCUT2D eigenvalue weighted by Crippen LogP contribution is -2.29. The zero-order valence-electron chi connectivity index (χ0n) is 13.7. The molecule has 1 heterocycles. The normalized spacial score (nSPS) is 11.3. The quantitative estimate of drug-likeness (QED) is 0.696. The minimum atomic E-state index is 0.804. The molecule has 0 aromatic carbocycles. The van der Waals surface area contributed by atoms with Gasteiger partial charge in [-0.3, -0.25) is 4.90 Å². The Morgan fingerprint density at radius 2 is 1.95 bits per heavy atom. The van der Waals surface area contributed by atoms with E-state index in [9.17, 15) is 0 Å². The molecule has 1 aromatic heterocycles. The Hall–Kier alpha value is -1.09. The molecule has 0 unspecified atom stereocenters. The second kappa shape index (κ2) is 9.76. The maximum atomic E-state index is 4.49. The molecule has 0 aliphatic carbocycles. The van der Waals surface area contributed by atoms with E-state index in [2.05, 4.69) is 49.0 Å². The molecule has 0 saturated carbocycles. The minimum absolute atomic E-state index is 0.804. The molecular weight excluding hydrogens is 246 g/mol. The molecule has 20 heavy (non-hydrogen) atoms. The van der Waals surface area contributed by atoms with Crippen LogP contribution in [0.2, 0.25) is 0 Å². The highest BCUT2D eigenvalue weighted by Crippen LogP contribution is 2.17. The molecule has 114 valence electrons. The molecule has 3 heteroatoms. The summed E-state index contributed by atoms with van der Waals surface area (Å²) < 4.78 is 0. The molecule has 0 amide bonds. The molecule has 0 bridgehead atoms. The van der Waals surface area contributed by atoms with Crippen molar-refractivity contribution in [3.63, 3.8) is 0 Å². The number of hydrogen-bond donors (Lipinski definition) is 1. The number of hydrogen-bond acceptors (Lipinski definition) is 3. The summed E-state index contributed by atoms with van der Waals surface area (Å²) in [5, 5.41) is 3.44. The first-order valence-corrected chi connectivity index (χ1v) is 8.15. The molecule has 0 spiro atoms. The molecule has 0 fully saturated rings. The van der Waals surface area contributed by atoms with Crippen molar-refractivity contribution >= 4 is 5.82 Å². The molecule has 0 aliphatic rings. The summed E-state index contributed by atoms with van der Waals surface area (Å²) in [6, 6.07) is 4.23. The molecule has 0 saturated heterocycles. The third-order valence-electron chi connectivity index (χ3n) is 3.95. The van der Waals surface area contributed by atoms with Crippen LogP contribution in [0.25, 0.3) is 0 Å². The molecule has 0 aliphatic heterocycles. The van der Waals surface area contributed by atoms with E-state index < -0.39 is 0 Å². The maximum Gasteiger partial charge on any atom is 0.130 e. The van der Waals surface area contributed by atoms with Gasteiger partial charge in [-0.25, -0.2) is 4.98 Å². The van der Waals surface area contributed by atoms with Gasteiger partial charge in [-0.05, 0) is 24.9 Å². The van der Waals surface area contributed by atoms with E-state index >= 15 is 0 Å². The van der Waals surface area contributed by atoms with E-state index in [4.69, 9.17) is 0 Å². The van der Waals surface area contributed by atoms with Crippen molar-refractivity contribution in [3.05, 3.63) is 23.9 Å². The topological polar surface area (TPSA) is 28.2 Å². The van der Waals surface area contributed by atoms with Crippen LogP contribution in [0.3, 0.4) is 0 Å². The summed E-state index contributed by atoms with van der Waals surface area (Å²) in [5.74, 6) is 1.86. The molecule has 0 radical (unpaired) electrons. The van der Waals surface area contributed by atoms with Crippen molar-refractivity contribution in [2.75, 3.05) is 25.0 Å². The van der Waals surface area contributed by atoms with Crippen molar-refractivity contribution in [2.45, 2.75) is 53.5 Å². The first-order chi connectivity index (χ1) is 9.74. The number of anilines is 1. The van der Waals surface area contributed by atoms with Crippen LogP contribution in [0, 0.1) is 5.92 Å². The maximum absolute atomic E-state index is 4.49. The number of nitrogens with one attached hydrogen (secondary N) is 1. The third kappa shape index (κ3) is 5.49. The summed E-state index contributed by atoms with van der Waals surface area (Å²) >= 11 is 0. The van der Waals surface area contributed by atoms with Crippen molar-refractivity contribution < 1.29 is 0 Å². The third-order valence-corrected chi connectivity index (χ3v) is 3.95. The van der Waals surface area contributed by atoms with Crippen molar-refractivity contribution in [3.8, 4) is 0 Å². The molecule has 0 atom stereocenters. The van der Waals surface area contributed by atoms with Gasteiger partial charge in [-0.15, -0.1) is 0 Å². The van der Waals surface area contributed by atoms with Crippen LogP contribution in [-0.4, -0.2) is 29.5 Å². The minimum Gasteiger partial charge on any atom is -0.370 e. The lowest BCUT2D eigenvalue weighted by Gasteiger charge is -2.26. The second-order valence-corrected chi connectivity index (χ2v) is 5.45. The highest BCUT2D eigenvalue weighted by Gasteiger charge is 2.12. The summed E-state index contributed by atoms with van der Waals surface area (Å²) in [4.78, 5) is 7.02. The van der Waals surface area contributed by atoms with Gasteiger partial charge in [0.25, 0.3) is 0 Å². The first kappa shape index (κ1) is 17.0. The molecule has 1 N–H and O–H groups in total. The van der Waals surface area contributed by atoms with Gasteiger partial charge < -0.3 is 5.32 Å². The van der Waals surface area contributed by atoms with Crippen LogP contribution in [0.1, 0.15) is 52.5 Å². The van der Waals surface area contributed by atoms with Gasteiger partial charge in [0.15, 0.2) is 0 Å². The molecular formula is C17H31N3. The zero-order chi connectivity index (χ0) is 14.8. The van der Waals surface area contributed by atoms with Gasteiger partial charge in [-0.2, -0.15) is 0 Å². The fraction of sp³-hybridized carbons (Fsp3) is 0.706. The van der Waals surface area contributed by atoms with Crippen molar-refractivity contribution in [1.82, 2.24) is 9.88 Å². The van der Waals surface area contributed by atoms with Crippen LogP contribution in [-0.2, 0) is 6.54 Å². The van der Waals surface area contributed by atoms with Crippen LogP contribution in [0.4, 0.5) is 5.82 Å². The fourth-order valence-corrected chi connectivity index (χ4v) is 2.43. The Morgan fingerprint density at radius 3 is 2.55 bits per heavy atom. The Kier molecular flexibility index (Phi) is 8.28. The second-order valence-electron chi connectivity index (χ2n) is 5.45. The summed E-state index contributed by atoms with van der Waals surface area (Å²) in [6.07, 6.45) is 5.53. The molecule has 1 rings (SSSR count). The van der Waals surface area contributed by atoms with Gasteiger partial charge in [0, 0.05) is 31.4 Å². The summed E-state index contributed by atoms with van der Waals surface area (Å²) in [7, 11) is 0. The van der Waals surface area contributed by atoms with Gasteiger partial charge >= 0.3 is 0 Å². The Labute approximate surface area is 124 Å². The number of pyridine rings is 1. The van der Waals surface area contributed by atoms with Gasteiger partial charge in [0.1, 0.15) is 5.82 Å². The predicted octanol–water partition coefficient (Wildman–Crippen LogP) is 4.16. The number of nitrogens with zero attached hydrogens (tertiary/aromatic N) is 2. The van der Waals surface area contributed by atoms with Gasteiger partial charge in [0.05, 0.1) is 0 Å². The van der Waals surface area contributed by atoms with Gasteiger partial charge in [0.2, 0.25) is 0 Å². The van der Waals surface area contributed by atoms with Crippen LogP contribution < -0.4 is 5.32 Å². The summed E-state index contributed by atoms with van der Waals surface area (Å²) in [6.45, 7) is 13.3. The van der Waals surface area contributed by atoms with E-state index in [1.807, 2.05) is 12.3 Å². The standard InChI is InChI=1S/C17H31N3/c1-5-11-18-17-16(10-9-12-19-17)14-20(8-4)13-15(6-2)7-3/h9-10,12,15H,5-8,11,13-14H2,1-4H3,(H,18,19). The van der Waals surface area contributed by atoms with E-state index in [0.717, 1.165) is 37.8 Å². The first-order valence-electron chi connectivity index (χ1n) is 8.15. The van der Waals surface area contributed by atoms with Crippen molar-refractivity contribution in [1.29, 1.82) is 0 Å². The molecule has 1 aromatic rings. The lowest BCUT2D eigenvalue weighted by atomic mass is 10.0. The molecule has 3 nitrogen and oxygen atoms in total. The Bertz CT molecular complexity index is 361. The Balaban J connectivity index is 2.68. The van der Waals surface area contributed by atoms with Crippen LogP contribution in [0.15, 0.2) is 18.3 Å². The van der Waals surface area contributed by atoms with Crippen LogP contribution >= 0.6 is 0 Å². The average molecular weight is 277 g/mol. The summed E-state index contributed by atoms with van der Waals surface area (Å²) in [5.41, 5.74) is 1.31. The highest BCUT2D eigenvalue weighted by molar-refractivity contribution is 5.43. The largest absolute Gasteiger partial charge is 0.370 e. The van der Waals surface area contributed by atoms with E-state index in [1.54, 1.807) is 0 Å². The number of aromatic nitrogens is 1. The fourth-order valence-electron chi connectivity index (χ4n) is 2.43. The SMILES string of the molecule is CCCNc1ncccc1CN(CC)CC(CC)CC. The lowest BCUT2D eigenvalue weighted by molar-refractivity contribution is 0.226. The Morgan fingerprint density at radius 1 is 1.20 bits per heavy atom. The zero-order valence-corrected chi connectivity index (χ0v) is 13.7. The average Bonchev–Trinajstić information content (AvgIpc) is 2.50. The smallest absolute Gasteiger partial charge is 0.130 e. The predicted molar refractivity (Wildman–Crippen MR) is 88.0 cm³/mol. The van der Waals surface area contributed by atoms with Crippen LogP contribution in [0.5, 0.6) is 0 Å². The van der Waals surface area contributed by atoms with Gasteiger partial charge in [-0.1, -0.05) is 46.6 Å². The number of rotatable bonds is 10. The monoisotopic (exact) mass is 277 g/mol. The van der Waals surface area contributed by atoms with E-state index in [0.29, 0.717) is 0 Å². The van der Waals surface area contributed by atoms with E-state index in [1.165, 1.54) is 24.9 Å². The van der Waals surface area contributed by atoms with E-state index in [-0.39, 0.29) is 0 Å². The highest BCUT2D eigenvalue weighted by atomic mass is 15.1.